The van der Waals surface area contributed by atoms with Gasteiger partial charge in [-0.05, 0) is 13.0 Å². The van der Waals surface area contributed by atoms with Crippen LogP contribution in [0.25, 0.3) is 0 Å². The van der Waals surface area contributed by atoms with Gasteiger partial charge in [0.2, 0.25) is 10.0 Å². The topological polar surface area (TPSA) is 84.2 Å². The molecule has 2 heterocycles. The largest absolute Gasteiger partial charge is 0.364 e. The molecule has 2 N–H and O–H groups in total. The molecule has 116 valence electrons. The van der Waals surface area contributed by atoms with Crippen LogP contribution in [0.2, 0.25) is 0 Å². The van der Waals surface area contributed by atoms with Gasteiger partial charge in [-0.15, -0.1) is 11.3 Å². The van der Waals surface area contributed by atoms with E-state index in [4.69, 9.17) is 0 Å². The molecule has 2 aromatic rings. The van der Waals surface area contributed by atoms with Crippen molar-refractivity contribution >= 4 is 21.4 Å². The van der Waals surface area contributed by atoms with Crippen molar-refractivity contribution in [1.82, 2.24) is 15.2 Å². The number of hydrogen-bond donors (Lipinski definition) is 2. The second-order valence-corrected chi connectivity index (χ2v) is 8.06. The predicted molar refractivity (Wildman–Crippen MR) is 81.6 cm³/mol. The molecular formula is C13H19N3O3S2. The Morgan fingerprint density at radius 1 is 1.38 bits per heavy atom. The van der Waals surface area contributed by atoms with Gasteiger partial charge in [0.15, 0.2) is 0 Å². The van der Waals surface area contributed by atoms with Crippen LogP contribution in [0.3, 0.4) is 0 Å². The third-order valence-electron chi connectivity index (χ3n) is 2.83. The first-order valence-corrected chi connectivity index (χ1v) is 8.90. The lowest BCUT2D eigenvalue weighted by Gasteiger charge is -2.05. The Bertz CT molecular complexity index is 676. The Kier molecular flexibility index (Phi) is 5.15. The monoisotopic (exact) mass is 329 g/mol. The van der Waals surface area contributed by atoms with Gasteiger partial charge in [-0.2, -0.15) is 0 Å². The molecule has 0 spiro atoms. The summed E-state index contributed by atoms with van der Waals surface area (Å²) in [7, 11) is -3.53. The van der Waals surface area contributed by atoms with E-state index in [1.807, 2.05) is 6.92 Å². The van der Waals surface area contributed by atoms with Crippen LogP contribution in [0.5, 0.6) is 0 Å². The molecule has 0 amide bonds. The highest BCUT2D eigenvalue weighted by atomic mass is 32.2. The van der Waals surface area contributed by atoms with Gasteiger partial charge < -0.3 is 9.84 Å². The highest BCUT2D eigenvalue weighted by molar-refractivity contribution is 7.89. The molecule has 0 atom stereocenters. The molecule has 0 saturated heterocycles. The second kappa shape index (κ2) is 6.69. The van der Waals surface area contributed by atoms with Gasteiger partial charge in [0, 0.05) is 28.4 Å². The fourth-order valence-electron chi connectivity index (χ4n) is 1.76. The summed E-state index contributed by atoms with van der Waals surface area (Å²) >= 11 is 1.49. The third-order valence-corrected chi connectivity index (χ3v) is 5.54. The molecule has 0 aliphatic carbocycles. The minimum atomic E-state index is -3.53. The smallest absolute Gasteiger partial charge is 0.242 e. The Hall–Kier alpha value is -1.22. The molecule has 2 rings (SSSR count). The standard InChI is InChI=1S/C13H19N3O3S2/c1-9(2)14-8-12-6-13(10(3)20-12)21(17,18)15-7-11-4-5-19-16-11/h4-6,9,14-15H,7-8H2,1-3H3. The summed E-state index contributed by atoms with van der Waals surface area (Å²) in [5.41, 5.74) is 0.549. The maximum absolute atomic E-state index is 12.3. The van der Waals surface area contributed by atoms with E-state index in [-0.39, 0.29) is 6.54 Å². The second-order valence-electron chi connectivity index (χ2n) is 4.98. The van der Waals surface area contributed by atoms with Crippen LogP contribution in [0, 0.1) is 6.92 Å². The maximum Gasteiger partial charge on any atom is 0.242 e. The van der Waals surface area contributed by atoms with Crippen LogP contribution in [0.1, 0.15) is 29.3 Å². The van der Waals surface area contributed by atoms with Crippen LogP contribution in [-0.4, -0.2) is 19.6 Å². The lowest BCUT2D eigenvalue weighted by Crippen LogP contribution is -2.23. The maximum atomic E-state index is 12.3. The average Bonchev–Trinajstić information content (AvgIpc) is 3.03. The molecule has 0 saturated carbocycles. The van der Waals surface area contributed by atoms with Gasteiger partial charge >= 0.3 is 0 Å². The van der Waals surface area contributed by atoms with E-state index in [1.165, 1.54) is 17.6 Å². The van der Waals surface area contributed by atoms with Crippen molar-refractivity contribution in [3.63, 3.8) is 0 Å². The highest BCUT2D eigenvalue weighted by Gasteiger charge is 2.20. The molecule has 0 bridgehead atoms. The minimum Gasteiger partial charge on any atom is -0.364 e. The van der Waals surface area contributed by atoms with Crippen molar-refractivity contribution in [3.05, 3.63) is 33.8 Å². The predicted octanol–water partition coefficient (Wildman–Crippen LogP) is 2.02. The van der Waals surface area contributed by atoms with E-state index >= 15 is 0 Å². The molecule has 0 unspecified atom stereocenters. The van der Waals surface area contributed by atoms with Crippen molar-refractivity contribution in [1.29, 1.82) is 0 Å². The first-order valence-electron chi connectivity index (χ1n) is 6.60. The number of sulfonamides is 1. The van der Waals surface area contributed by atoms with Crippen molar-refractivity contribution < 1.29 is 12.9 Å². The third kappa shape index (κ3) is 4.37. The lowest BCUT2D eigenvalue weighted by atomic mass is 10.3. The zero-order chi connectivity index (χ0) is 15.5. The normalized spacial score (nSPS) is 12.2. The van der Waals surface area contributed by atoms with Crippen molar-refractivity contribution in [2.24, 2.45) is 0 Å². The Labute approximate surface area is 128 Å². The molecule has 0 radical (unpaired) electrons. The van der Waals surface area contributed by atoms with E-state index in [1.54, 1.807) is 12.1 Å². The van der Waals surface area contributed by atoms with Gasteiger partial charge in [-0.25, -0.2) is 13.1 Å². The molecule has 21 heavy (non-hydrogen) atoms. The Balaban J connectivity index is 2.08. The first-order chi connectivity index (χ1) is 9.88. The quantitative estimate of drug-likeness (QED) is 0.812. The van der Waals surface area contributed by atoms with Gasteiger partial charge in [-0.3, -0.25) is 0 Å². The summed E-state index contributed by atoms with van der Waals surface area (Å²) in [6.07, 6.45) is 1.41. The number of hydrogen-bond acceptors (Lipinski definition) is 6. The molecule has 0 aliphatic rings. The van der Waals surface area contributed by atoms with E-state index in [0.717, 1.165) is 9.75 Å². The van der Waals surface area contributed by atoms with E-state index in [0.29, 0.717) is 23.2 Å². The molecule has 0 aliphatic heterocycles. The number of aryl methyl sites for hydroxylation is 1. The number of aromatic nitrogens is 1. The summed E-state index contributed by atoms with van der Waals surface area (Å²) in [5.74, 6) is 0. The van der Waals surface area contributed by atoms with Gasteiger partial charge in [0.05, 0.1) is 17.1 Å². The van der Waals surface area contributed by atoms with Crippen LogP contribution in [0.4, 0.5) is 0 Å². The molecule has 2 aromatic heterocycles. The fraction of sp³-hybridized carbons (Fsp3) is 0.462. The highest BCUT2D eigenvalue weighted by Crippen LogP contribution is 2.25. The summed E-state index contributed by atoms with van der Waals surface area (Å²) in [6.45, 7) is 6.71. The van der Waals surface area contributed by atoms with Crippen LogP contribution in [0.15, 0.2) is 27.8 Å². The number of thiophene rings is 1. The zero-order valence-electron chi connectivity index (χ0n) is 12.2. The van der Waals surface area contributed by atoms with E-state index in [9.17, 15) is 8.42 Å². The van der Waals surface area contributed by atoms with E-state index < -0.39 is 10.0 Å². The van der Waals surface area contributed by atoms with Crippen LogP contribution in [-0.2, 0) is 23.1 Å². The van der Waals surface area contributed by atoms with Crippen LogP contribution < -0.4 is 10.0 Å². The van der Waals surface area contributed by atoms with Gasteiger partial charge in [-0.1, -0.05) is 19.0 Å². The minimum absolute atomic E-state index is 0.119. The van der Waals surface area contributed by atoms with Gasteiger partial charge in [0.25, 0.3) is 0 Å². The lowest BCUT2D eigenvalue weighted by molar-refractivity contribution is 0.411. The summed E-state index contributed by atoms with van der Waals surface area (Å²) in [5, 5.41) is 6.96. The van der Waals surface area contributed by atoms with Gasteiger partial charge in [0.1, 0.15) is 6.26 Å². The Morgan fingerprint density at radius 3 is 2.76 bits per heavy atom. The van der Waals surface area contributed by atoms with Crippen molar-refractivity contribution in [2.75, 3.05) is 0 Å². The molecular weight excluding hydrogens is 310 g/mol. The zero-order valence-corrected chi connectivity index (χ0v) is 13.8. The van der Waals surface area contributed by atoms with Crippen molar-refractivity contribution in [2.45, 2.75) is 44.8 Å². The van der Waals surface area contributed by atoms with E-state index in [2.05, 4.69) is 33.6 Å². The number of nitrogens with zero attached hydrogens (tertiary/aromatic N) is 1. The number of nitrogens with one attached hydrogen (secondary N) is 2. The molecule has 0 aromatic carbocycles. The molecule has 6 nitrogen and oxygen atoms in total. The summed E-state index contributed by atoms with van der Waals surface area (Å²) < 4.78 is 31.8. The SMILES string of the molecule is Cc1sc(CNC(C)C)cc1S(=O)(=O)NCc1ccon1. The first kappa shape index (κ1) is 16.2. The average molecular weight is 329 g/mol. The fourth-order valence-corrected chi connectivity index (χ4v) is 4.34. The summed E-state index contributed by atoms with van der Waals surface area (Å²) in [4.78, 5) is 2.11. The molecule has 0 fully saturated rings. The van der Waals surface area contributed by atoms with Crippen molar-refractivity contribution in [3.8, 4) is 0 Å². The number of rotatable bonds is 7. The summed E-state index contributed by atoms with van der Waals surface area (Å²) in [6, 6.07) is 3.71. The Morgan fingerprint density at radius 2 is 2.14 bits per heavy atom. The van der Waals surface area contributed by atoms with Crippen LogP contribution >= 0.6 is 11.3 Å². The molecule has 8 heteroatoms.